The Hall–Kier alpha value is -1.58. The highest BCUT2D eigenvalue weighted by molar-refractivity contribution is 6.00. The molecule has 0 aliphatic heterocycles. The van der Waals surface area contributed by atoms with E-state index >= 15 is 0 Å². The van der Waals surface area contributed by atoms with E-state index in [1.165, 1.54) is 44.2 Å². The first-order valence-electron chi connectivity index (χ1n) is 6.82. The molecule has 0 amide bonds. The van der Waals surface area contributed by atoms with Crippen LogP contribution in [0.1, 0.15) is 44.6 Å². The second-order valence-corrected chi connectivity index (χ2v) is 5.14. The van der Waals surface area contributed by atoms with Crippen LogP contribution in [-0.2, 0) is 0 Å². The fraction of sp³-hybridized carbons (Fsp3) is 0.533. The minimum atomic E-state index is -0.358. The lowest BCUT2D eigenvalue weighted by atomic mass is 9.90. The van der Waals surface area contributed by atoms with E-state index in [4.69, 9.17) is 9.94 Å². The average Bonchev–Trinajstić information content (AvgIpc) is 2.46. The number of oxime groups is 1. The van der Waals surface area contributed by atoms with Crippen LogP contribution in [-0.4, -0.2) is 17.5 Å². The predicted octanol–water partition coefficient (Wildman–Crippen LogP) is 3.98. The van der Waals surface area contributed by atoms with Crippen molar-refractivity contribution >= 4 is 5.71 Å². The summed E-state index contributed by atoms with van der Waals surface area (Å²) in [5.74, 6) is 0.809. The minimum Gasteiger partial charge on any atom is -0.493 e. The highest BCUT2D eigenvalue weighted by Crippen LogP contribution is 2.26. The molecule has 1 aliphatic rings. The van der Waals surface area contributed by atoms with Gasteiger partial charge in [0.05, 0.1) is 12.3 Å². The van der Waals surface area contributed by atoms with Crippen LogP contribution < -0.4 is 4.74 Å². The molecule has 1 N–H and O–H groups in total. The minimum absolute atomic E-state index is 0.358. The first-order chi connectivity index (χ1) is 9.20. The molecule has 0 bridgehead atoms. The van der Waals surface area contributed by atoms with Crippen LogP contribution in [0.2, 0.25) is 0 Å². The highest BCUT2D eigenvalue weighted by atomic mass is 19.1. The zero-order chi connectivity index (χ0) is 13.7. The van der Waals surface area contributed by atoms with Gasteiger partial charge in [-0.25, -0.2) is 4.39 Å². The number of hydrogen-bond acceptors (Lipinski definition) is 3. The van der Waals surface area contributed by atoms with Gasteiger partial charge in [-0.05, 0) is 43.9 Å². The van der Waals surface area contributed by atoms with Crippen LogP contribution in [0.25, 0.3) is 0 Å². The van der Waals surface area contributed by atoms with E-state index in [0.717, 1.165) is 0 Å². The molecule has 1 aromatic carbocycles. The molecule has 0 aromatic heterocycles. The van der Waals surface area contributed by atoms with Crippen molar-refractivity contribution in [2.75, 3.05) is 6.61 Å². The standard InChI is InChI=1S/C15H20FNO2/c1-11(17-18)14-9-13(16)7-8-15(14)19-10-12-5-3-2-4-6-12/h7-9,12,18H,2-6,10H2,1H3. The van der Waals surface area contributed by atoms with Gasteiger partial charge in [0.25, 0.3) is 0 Å². The lowest BCUT2D eigenvalue weighted by molar-refractivity contribution is 0.208. The predicted molar refractivity (Wildman–Crippen MR) is 72.5 cm³/mol. The molecule has 0 spiro atoms. The van der Waals surface area contributed by atoms with Crippen molar-refractivity contribution in [1.29, 1.82) is 0 Å². The summed E-state index contributed by atoms with van der Waals surface area (Å²) in [6.07, 6.45) is 6.24. The summed E-state index contributed by atoms with van der Waals surface area (Å²) in [4.78, 5) is 0. The highest BCUT2D eigenvalue weighted by Gasteiger charge is 2.16. The van der Waals surface area contributed by atoms with Crippen LogP contribution in [0.15, 0.2) is 23.4 Å². The molecular weight excluding hydrogens is 245 g/mol. The average molecular weight is 265 g/mol. The second-order valence-electron chi connectivity index (χ2n) is 5.14. The molecule has 104 valence electrons. The Bertz CT molecular complexity index is 453. The van der Waals surface area contributed by atoms with E-state index in [2.05, 4.69) is 5.16 Å². The van der Waals surface area contributed by atoms with Gasteiger partial charge in [0, 0.05) is 5.56 Å². The maximum absolute atomic E-state index is 13.2. The third-order valence-corrected chi connectivity index (χ3v) is 3.68. The van der Waals surface area contributed by atoms with Crippen LogP contribution in [0.4, 0.5) is 4.39 Å². The molecule has 0 saturated heterocycles. The molecule has 0 heterocycles. The number of ether oxygens (including phenoxy) is 1. The van der Waals surface area contributed by atoms with E-state index < -0.39 is 0 Å². The fourth-order valence-electron chi connectivity index (χ4n) is 2.53. The molecule has 3 nitrogen and oxygen atoms in total. The second kappa shape index (κ2) is 6.55. The molecule has 1 fully saturated rings. The first-order valence-corrected chi connectivity index (χ1v) is 6.82. The Labute approximate surface area is 113 Å². The number of halogens is 1. The lowest BCUT2D eigenvalue weighted by Gasteiger charge is -2.22. The summed E-state index contributed by atoms with van der Waals surface area (Å²) in [5.41, 5.74) is 0.872. The molecule has 0 radical (unpaired) electrons. The number of nitrogens with zero attached hydrogens (tertiary/aromatic N) is 1. The zero-order valence-electron chi connectivity index (χ0n) is 11.2. The first kappa shape index (κ1) is 13.8. The molecule has 19 heavy (non-hydrogen) atoms. The third-order valence-electron chi connectivity index (χ3n) is 3.68. The summed E-state index contributed by atoms with van der Waals surface area (Å²) in [6, 6.07) is 4.30. The van der Waals surface area contributed by atoms with Crippen LogP contribution in [0, 0.1) is 11.7 Å². The number of hydrogen-bond donors (Lipinski definition) is 1. The molecule has 4 heteroatoms. The summed E-state index contributed by atoms with van der Waals surface area (Å²) < 4.78 is 19.0. The van der Waals surface area contributed by atoms with Crippen molar-refractivity contribution < 1.29 is 14.3 Å². The van der Waals surface area contributed by atoms with Gasteiger partial charge in [0.2, 0.25) is 0 Å². The normalized spacial score (nSPS) is 17.5. The zero-order valence-corrected chi connectivity index (χ0v) is 11.2. The molecular formula is C15H20FNO2. The number of benzene rings is 1. The van der Waals surface area contributed by atoms with Crippen molar-refractivity contribution in [2.24, 2.45) is 11.1 Å². The van der Waals surface area contributed by atoms with Crippen molar-refractivity contribution in [3.8, 4) is 5.75 Å². The Morgan fingerprint density at radius 2 is 2.11 bits per heavy atom. The quantitative estimate of drug-likeness (QED) is 0.508. The topological polar surface area (TPSA) is 41.8 Å². The number of rotatable bonds is 4. The van der Waals surface area contributed by atoms with Gasteiger partial charge in [-0.1, -0.05) is 24.4 Å². The summed E-state index contributed by atoms with van der Waals surface area (Å²) >= 11 is 0. The van der Waals surface area contributed by atoms with Gasteiger partial charge >= 0.3 is 0 Å². The Balaban J connectivity index is 2.06. The molecule has 0 atom stereocenters. The van der Waals surface area contributed by atoms with Gasteiger partial charge < -0.3 is 9.94 Å². The fourth-order valence-corrected chi connectivity index (χ4v) is 2.53. The van der Waals surface area contributed by atoms with Crippen molar-refractivity contribution in [3.63, 3.8) is 0 Å². The molecule has 1 saturated carbocycles. The van der Waals surface area contributed by atoms with Crippen LogP contribution in [0.3, 0.4) is 0 Å². The maximum Gasteiger partial charge on any atom is 0.128 e. The molecule has 1 aromatic rings. The molecule has 1 aliphatic carbocycles. The smallest absolute Gasteiger partial charge is 0.128 e. The van der Waals surface area contributed by atoms with Gasteiger partial charge in [0.15, 0.2) is 0 Å². The Morgan fingerprint density at radius 3 is 2.79 bits per heavy atom. The monoisotopic (exact) mass is 265 g/mol. The van der Waals surface area contributed by atoms with Gasteiger partial charge in [-0.3, -0.25) is 0 Å². The van der Waals surface area contributed by atoms with Gasteiger partial charge in [-0.2, -0.15) is 0 Å². The van der Waals surface area contributed by atoms with Crippen molar-refractivity contribution in [3.05, 3.63) is 29.6 Å². The Morgan fingerprint density at radius 1 is 1.37 bits per heavy atom. The summed E-state index contributed by atoms with van der Waals surface area (Å²) in [7, 11) is 0. The van der Waals surface area contributed by atoms with Crippen molar-refractivity contribution in [2.45, 2.75) is 39.0 Å². The summed E-state index contributed by atoms with van der Waals surface area (Å²) in [5, 5.41) is 12.0. The van der Waals surface area contributed by atoms with E-state index in [9.17, 15) is 4.39 Å². The summed E-state index contributed by atoms with van der Waals surface area (Å²) in [6.45, 7) is 2.28. The van der Waals surface area contributed by atoms with Crippen LogP contribution >= 0.6 is 0 Å². The van der Waals surface area contributed by atoms with Crippen molar-refractivity contribution in [1.82, 2.24) is 0 Å². The molecule has 2 rings (SSSR count). The van der Waals surface area contributed by atoms with Gasteiger partial charge in [-0.15, -0.1) is 0 Å². The van der Waals surface area contributed by atoms with E-state index in [0.29, 0.717) is 29.5 Å². The molecule has 0 unspecified atom stereocenters. The van der Waals surface area contributed by atoms with Crippen LogP contribution in [0.5, 0.6) is 5.75 Å². The third kappa shape index (κ3) is 3.69. The van der Waals surface area contributed by atoms with Gasteiger partial charge in [0.1, 0.15) is 11.6 Å². The maximum atomic E-state index is 13.2. The Kier molecular flexibility index (Phi) is 4.77. The largest absolute Gasteiger partial charge is 0.493 e. The van der Waals surface area contributed by atoms with E-state index in [-0.39, 0.29) is 5.82 Å². The SMILES string of the molecule is CC(=NO)c1cc(F)ccc1OCC1CCCCC1. The van der Waals surface area contributed by atoms with E-state index in [1.54, 1.807) is 13.0 Å². The van der Waals surface area contributed by atoms with E-state index in [1.807, 2.05) is 0 Å². The lowest BCUT2D eigenvalue weighted by Crippen LogP contribution is -2.16.